The number of Topliss-reactive ketones (excluding diaryl/α,β-unsaturated/α-hetero) is 1. The van der Waals surface area contributed by atoms with Gasteiger partial charge in [-0.15, -0.1) is 0 Å². The van der Waals surface area contributed by atoms with E-state index >= 15 is 0 Å². The molecule has 1 heterocycles. The summed E-state index contributed by atoms with van der Waals surface area (Å²) in [6.45, 7) is 6.21. The average Bonchev–Trinajstić information content (AvgIpc) is 3.12. The number of halogens is 4. The van der Waals surface area contributed by atoms with Crippen molar-refractivity contribution >= 4 is 23.1 Å². The molecule has 38 heavy (non-hydrogen) atoms. The van der Waals surface area contributed by atoms with Crippen LogP contribution in [-0.4, -0.2) is 23.4 Å². The van der Waals surface area contributed by atoms with Crippen LogP contribution >= 0.6 is 0 Å². The van der Waals surface area contributed by atoms with Crippen molar-refractivity contribution in [2.24, 2.45) is 5.92 Å². The number of amides is 1. The number of rotatable bonds is 6. The fourth-order valence-electron chi connectivity index (χ4n) is 4.27. The quantitative estimate of drug-likeness (QED) is 0.165. The van der Waals surface area contributed by atoms with Crippen molar-refractivity contribution < 1.29 is 37.0 Å². The fraction of sp³-hybridized carbons (Fsp3) is 0.241. The summed E-state index contributed by atoms with van der Waals surface area (Å²) in [4.78, 5) is 27.3. The van der Waals surface area contributed by atoms with E-state index in [0.29, 0.717) is 17.9 Å². The Morgan fingerprint density at radius 1 is 1.03 bits per heavy atom. The van der Waals surface area contributed by atoms with Crippen LogP contribution in [0, 0.1) is 18.7 Å². The molecule has 1 fully saturated rings. The molecule has 5 nitrogen and oxygen atoms in total. The Balaban J connectivity index is 1.85. The standard InChI is InChI=1S/C29H25F4NO4/c1-16(2)15-38-23-13-8-18(14-17(23)3)26(35)24-25(21-6-4-5-7-22(21)30)34(28(37)27(24)36)20-11-9-19(10-12-20)29(31,32)33/h4-14,16,25,35H,15H2,1-3H3/b26-24+. The van der Waals surface area contributed by atoms with Crippen LogP contribution in [0.4, 0.5) is 23.2 Å². The number of hydrogen-bond donors (Lipinski definition) is 1. The first-order valence-electron chi connectivity index (χ1n) is 11.9. The van der Waals surface area contributed by atoms with Crippen LogP contribution in [0.3, 0.4) is 0 Å². The number of aryl methyl sites for hydroxylation is 1. The van der Waals surface area contributed by atoms with E-state index in [9.17, 15) is 32.3 Å². The summed E-state index contributed by atoms with van der Waals surface area (Å²) in [5.41, 5.74) is -0.617. The van der Waals surface area contributed by atoms with Crippen molar-refractivity contribution in [2.45, 2.75) is 33.0 Å². The molecular weight excluding hydrogens is 502 g/mol. The Labute approximate surface area is 217 Å². The zero-order valence-corrected chi connectivity index (χ0v) is 20.8. The predicted molar refractivity (Wildman–Crippen MR) is 134 cm³/mol. The second-order valence-corrected chi connectivity index (χ2v) is 9.42. The smallest absolute Gasteiger partial charge is 0.416 e. The third-order valence-electron chi connectivity index (χ3n) is 6.14. The van der Waals surface area contributed by atoms with Gasteiger partial charge in [0.1, 0.15) is 17.3 Å². The average molecular weight is 528 g/mol. The summed E-state index contributed by atoms with van der Waals surface area (Å²) in [6, 6.07) is 12.3. The van der Waals surface area contributed by atoms with Gasteiger partial charge in [-0.3, -0.25) is 14.5 Å². The number of nitrogens with zero attached hydrogens (tertiary/aromatic N) is 1. The summed E-state index contributed by atoms with van der Waals surface area (Å²) in [7, 11) is 0. The molecule has 0 bridgehead atoms. The SMILES string of the molecule is Cc1cc(/C(O)=C2\C(=O)C(=O)N(c3ccc(C(F)(F)F)cc3)C2c2ccccc2F)ccc1OCC(C)C. The van der Waals surface area contributed by atoms with E-state index in [0.717, 1.165) is 35.2 Å². The first kappa shape index (κ1) is 26.9. The maximum atomic E-state index is 15.0. The number of ketones is 1. The Bertz CT molecular complexity index is 1410. The molecule has 1 N–H and O–H groups in total. The minimum Gasteiger partial charge on any atom is -0.507 e. The highest BCUT2D eigenvalue weighted by Crippen LogP contribution is 2.43. The molecule has 1 unspecified atom stereocenters. The first-order valence-corrected chi connectivity index (χ1v) is 11.9. The van der Waals surface area contributed by atoms with Gasteiger partial charge in [0.15, 0.2) is 0 Å². The van der Waals surface area contributed by atoms with E-state index in [-0.39, 0.29) is 28.3 Å². The van der Waals surface area contributed by atoms with Crippen LogP contribution in [0.2, 0.25) is 0 Å². The van der Waals surface area contributed by atoms with Crippen LogP contribution in [0.1, 0.15) is 42.1 Å². The molecule has 0 aliphatic carbocycles. The number of ether oxygens (including phenoxy) is 1. The second-order valence-electron chi connectivity index (χ2n) is 9.42. The largest absolute Gasteiger partial charge is 0.507 e. The highest BCUT2D eigenvalue weighted by molar-refractivity contribution is 6.51. The fourth-order valence-corrected chi connectivity index (χ4v) is 4.27. The third-order valence-corrected chi connectivity index (χ3v) is 6.14. The number of carbonyl (C=O) groups is 2. The first-order chi connectivity index (χ1) is 17.9. The Hall–Kier alpha value is -4.14. The van der Waals surface area contributed by atoms with E-state index < -0.39 is 41.0 Å². The highest BCUT2D eigenvalue weighted by atomic mass is 19.4. The van der Waals surface area contributed by atoms with Crippen LogP contribution in [0.5, 0.6) is 5.75 Å². The molecule has 0 spiro atoms. The van der Waals surface area contributed by atoms with Gasteiger partial charge in [0.05, 0.1) is 23.8 Å². The van der Waals surface area contributed by atoms with E-state index in [1.54, 1.807) is 19.1 Å². The zero-order chi connectivity index (χ0) is 27.8. The lowest BCUT2D eigenvalue weighted by Gasteiger charge is -2.26. The lowest BCUT2D eigenvalue weighted by Crippen LogP contribution is -2.30. The van der Waals surface area contributed by atoms with E-state index in [1.807, 2.05) is 13.8 Å². The molecule has 0 radical (unpaired) electrons. The Kier molecular flexibility index (Phi) is 7.31. The van der Waals surface area contributed by atoms with Crippen LogP contribution in [0.25, 0.3) is 5.76 Å². The van der Waals surface area contributed by atoms with Gasteiger partial charge in [0.2, 0.25) is 0 Å². The van der Waals surface area contributed by atoms with Crippen LogP contribution in [0.15, 0.2) is 72.3 Å². The van der Waals surface area contributed by atoms with Crippen LogP contribution in [-0.2, 0) is 15.8 Å². The number of hydrogen-bond acceptors (Lipinski definition) is 4. The molecule has 1 saturated heterocycles. The minimum atomic E-state index is -4.61. The molecule has 1 atom stereocenters. The monoisotopic (exact) mass is 527 g/mol. The van der Waals surface area contributed by atoms with Crippen molar-refractivity contribution in [3.63, 3.8) is 0 Å². The Morgan fingerprint density at radius 3 is 2.26 bits per heavy atom. The maximum Gasteiger partial charge on any atom is 0.416 e. The van der Waals surface area contributed by atoms with Crippen LogP contribution < -0.4 is 9.64 Å². The van der Waals surface area contributed by atoms with Gasteiger partial charge < -0.3 is 9.84 Å². The number of aliphatic hydroxyl groups is 1. The molecule has 1 aliphatic rings. The molecule has 0 aromatic heterocycles. The van der Waals surface area contributed by atoms with Crippen molar-refractivity contribution in [1.82, 2.24) is 0 Å². The van der Waals surface area contributed by atoms with Crippen molar-refractivity contribution in [1.29, 1.82) is 0 Å². The van der Waals surface area contributed by atoms with Gasteiger partial charge in [0, 0.05) is 16.8 Å². The molecule has 4 rings (SSSR count). The number of carbonyl (C=O) groups excluding carboxylic acids is 2. The molecule has 1 aliphatic heterocycles. The number of alkyl halides is 3. The second kappa shape index (κ2) is 10.3. The van der Waals surface area contributed by atoms with Gasteiger partial charge >= 0.3 is 6.18 Å². The maximum absolute atomic E-state index is 15.0. The van der Waals surface area contributed by atoms with E-state index in [2.05, 4.69) is 0 Å². The van der Waals surface area contributed by atoms with Gasteiger partial charge in [-0.25, -0.2) is 4.39 Å². The summed E-state index contributed by atoms with van der Waals surface area (Å²) in [5, 5.41) is 11.2. The molecule has 0 saturated carbocycles. The lowest BCUT2D eigenvalue weighted by molar-refractivity contribution is -0.137. The van der Waals surface area contributed by atoms with E-state index in [4.69, 9.17) is 4.74 Å². The highest BCUT2D eigenvalue weighted by Gasteiger charge is 2.48. The summed E-state index contributed by atoms with van der Waals surface area (Å²) in [5.74, 6) is -2.63. The Morgan fingerprint density at radius 2 is 1.68 bits per heavy atom. The van der Waals surface area contributed by atoms with Gasteiger partial charge in [-0.1, -0.05) is 32.0 Å². The van der Waals surface area contributed by atoms with Crippen molar-refractivity contribution in [3.05, 3.63) is 100 Å². The van der Waals surface area contributed by atoms with Crippen molar-refractivity contribution in [2.75, 3.05) is 11.5 Å². The topological polar surface area (TPSA) is 66.8 Å². The third kappa shape index (κ3) is 5.14. The summed E-state index contributed by atoms with van der Waals surface area (Å²) < 4.78 is 60.0. The lowest BCUT2D eigenvalue weighted by atomic mass is 9.94. The molecule has 3 aromatic carbocycles. The minimum absolute atomic E-state index is 0.0546. The molecule has 3 aromatic rings. The normalized spacial score (nSPS) is 17.4. The molecule has 9 heteroatoms. The van der Waals surface area contributed by atoms with Gasteiger partial charge in [-0.05, 0) is 66.9 Å². The zero-order valence-electron chi connectivity index (χ0n) is 20.8. The summed E-state index contributed by atoms with van der Waals surface area (Å²) >= 11 is 0. The number of aliphatic hydroxyl groups excluding tert-OH is 1. The van der Waals surface area contributed by atoms with E-state index in [1.165, 1.54) is 24.3 Å². The number of anilines is 1. The molecule has 198 valence electrons. The molecule has 1 amide bonds. The predicted octanol–water partition coefficient (Wildman–Crippen LogP) is 6.81. The van der Waals surface area contributed by atoms with Gasteiger partial charge in [0.25, 0.3) is 11.7 Å². The molecular formula is C29H25F4NO4. The summed E-state index contributed by atoms with van der Waals surface area (Å²) in [6.07, 6.45) is -4.61. The van der Waals surface area contributed by atoms with Gasteiger partial charge in [-0.2, -0.15) is 13.2 Å². The number of benzene rings is 3. The van der Waals surface area contributed by atoms with Crippen molar-refractivity contribution in [3.8, 4) is 5.75 Å².